The monoisotopic (exact) mass is 455 g/mol. The predicted molar refractivity (Wildman–Crippen MR) is 115 cm³/mol. The van der Waals surface area contributed by atoms with Crippen LogP contribution in [0.5, 0.6) is 0 Å². The Morgan fingerprint density at radius 2 is 2.03 bits per heavy atom. The molecule has 0 saturated carbocycles. The number of carbonyl (C=O) groups excluding carboxylic acids is 2. The highest BCUT2D eigenvalue weighted by atomic mass is 79.9. The van der Waals surface area contributed by atoms with Crippen LogP contribution in [0.3, 0.4) is 0 Å². The van der Waals surface area contributed by atoms with E-state index >= 15 is 0 Å². The molecule has 0 spiro atoms. The van der Waals surface area contributed by atoms with Crippen molar-refractivity contribution < 1.29 is 14.3 Å². The molecule has 1 amide bonds. The molecule has 1 aromatic heterocycles. The second-order valence-corrected chi connectivity index (χ2v) is 8.38. The summed E-state index contributed by atoms with van der Waals surface area (Å²) >= 11 is 3.46. The molecule has 0 aliphatic carbocycles. The van der Waals surface area contributed by atoms with Gasteiger partial charge in [-0.05, 0) is 44.2 Å². The molecule has 150 valence electrons. The molecule has 1 saturated heterocycles. The molecule has 29 heavy (non-hydrogen) atoms. The van der Waals surface area contributed by atoms with Crippen LogP contribution in [0.1, 0.15) is 32.0 Å². The molecule has 1 aliphatic rings. The van der Waals surface area contributed by atoms with Gasteiger partial charge in [0.2, 0.25) is 5.91 Å². The van der Waals surface area contributed by atoms with Crippen molar-refractivity contribution in [1.82, 2.24) is 9.55 Å². The van der Waals surface area contributed by atoms with Gasteiger partial charge in [0, 0.05) is 29.0 Å². The van der Waals surface area contributed by atoms with Crippen LogP contribution in [0, 0.1) is 0 Å². The number of halogens is 1. The van der Waals surface area contributed by atoms with Crippen molar-refractivity contribution >= 4 is 44.5 Å². The highest BCUT2D eigenvalue weighted by Gasteiger charge is 2.35. The molecule has 1 aliphatic heterocycles. The number of para-hydroxylation sites is 2. The first-order chi connectivity index (χ1) is 13.9. The molecule has 4 rings (SSSR count). The lowest BCUT2D eigenvalue weighted by Gasteiger charge is -2.18. The summed E-state index contributed by atoms with van der Waals surface area (Å²) in [7, 11) is 0. The number of nitrogens with zero attached hydrogens (tertiary/aromatic N) is 3. The first kappa shape index (κ1) is 19.6. The van der Waals surface area contributed by atoms with Crippen molar-refractivity contribution in [3.05, 3.63) is 58.8 Å². The average Bonchev–Trinajstić information content (AvgIpc) is 3.22. The zero-order valence-corrected chi connectivity index (χ0v) is 17.9. The number of amides is 1. The summed E-state index contributed by atoms with van der Waals surface area (Å²) in [5.41, 5.74) is 2.54. The Kier molecular flexibility index (Phi) is 5.41. The Bertz CT molecular complexity index is 1080. The first-order valence-electron chi connectivity index (χ1n) is 9.63. The molecule has 0 bridgehead atoms. The van der Waals surface area contributed by atoms with Gasteiger partial charge < -0.3 is 14.2 Å². The standard InChI is InChI=1S/C22H22BrN3O3/c1-14(2)29-21(28)13-26-19-9-4-3-8-18(19)24-22(26)15-10-20(27)25(12-15)17-7-5-6-16(23)11-17/h3-9,11,14-15H,10,12-13H2,1-2H3. The minimum Gasteiger partial charge on any atom is -0.462 e. The Labute approximate surface area is 177 Å². The average molecular weight is 456 g/mol. The summed E-state index contributed by atoms with van der Waals surface area (Å²) in [6.45, 7) is 4.26. The minimum atomic E-state index is -0.308. The molecule has 2 heterocycles. The van der Waals surface area contributed by atoms with E-state index in [4.69, 9.17) is 9.72 Å². The van der Waals surface area contributed by atoms with E-state index in [-0.39, 0.29) is 30.4 Å². The van der Waals surface area contributed by atoms with Gasteiger partial charge in [-0.15, -0.1) is 0 Å². The van der Waals surface area contributed by atoms with Gasteiger partial charge in [-0.2, -0.15) is 0 Å². The van der Waals surface area contributed by atoms with Crippen molar-refractivity contribution in [3.8, 4) is 0 Å². The third-order valence-corrected chi connectivity index (χ3v) is 5.44. The lowest BCUT2D eigenvalue weighted by atomic mass is 10.1. The van der Waals surface area contributed by atoms with Crippen LogP contribution in [0.2, 0.25) is 0 Å². The van der Waals surface area contributed by atoms with Gasteiger partial charge in [0.1, 0.15) is 12.4 Å². The molecular formula is C22H22BrN3O3. The van der Waals surface area contributed by atoms with E-state index in [2.05, 4.69) is 15.9 Å². The van der Waals surface area contributed by atoms with Crippen LogP contribution < -0.4 is 4.90 Å². The molecule has 1 atom stereocenters. The summed E-state index contributed by atoms with van der Waals surface area (Å²) in [5.74, 6) is 0.396. The fourth-order valence-electron chi connectivity index (χ4n) is 3.78. The predicted octanol–water partition coefficient (Wildman–Crippen LogP) is 4.27. The lowest BCUT2D eigenvalue weighted by Crippen LogP contribution is -2.25. The van der Waals surface area contributed by atoms with Gasteiger partial charge in [0.05, 0.1) is 17.1 Å². The topological polar surface area (TPSA) is 64.4 Å². The summed E-state index contributed by atoms with van der Waals surface area (Å²) in [5, 5.41) is 0. The molecule has 1 unspecified atom stereocenters. The van der Waals surface area contributed by atoms with Crippen LogP contribution in [0.4, 0.5) is 5.69 Å². The summed E-state index contributed by atoms with van der Waals surface area (Å²) in [4.78, 5) is 31.7. The fraction of sp³-hybridized carbons (Fsp3) is 0.318. The third-order valence-electron chi connectivity index (χ3n) is 4.95. The Morgan fingerprint density at radius 3 is 2.79 bits per heavy atom. The van der Waals surface area contributed by atoms with E-state index in [1.807, 2.05) is 66.9 Å². The summed E-state index contributed by atoms with van der Waals surface area (Å²) in [6, 6.07) is 15.4. The van der Waals surface area contributed by atoms with Crippen molar-refractivity contribution in [2.45, 2.75) is 38.8 Å². The zero-order chi connectivity index (χ0) is 20.5. The molecule has 0 N–H and O–H groups in total. The van der Waals surface area contributed by atoms with Gasteiger partial charge in [0.15, 0.2) is 0 Å². The van der Waals surface area contributed by atoms with Gasteiger partial charge in [0.25, 0.3) is 0 Å². The Balaban J connectivity index is 1.67. The Morgan fingerprint density at radius 1 is 1.24 bits per heavy atom. The van der Waals surface area contributed by atoms with Crippen LogP contribution in [0.15, 0.2) is 53.0 Å². The summed E-state index contributed by atoms with van der Waals surface area (Å²) in [6.07, 6.45) is 0.176. The number of hydrogen-bond acceptors (Lipinski definition) is 4. The van der Waals surface area contributed by atoms with E-state index in [1.165, 1.54) is 0 Å². The molecule has 0 radical (unpaired) electrons. The van der Waals surface area contributed by atoms with Crippen LogP contribution in [0.25, 0.3) is 11.0 Å². The van der Waals surface area contributed by atoms with E-state index in [9.17, 15) is 9.59 Å². The van der Waals surface area contributed by atoms with Crippen molar-refractivity contribution in [3.63, 3.8) is 0 Å². The number of benzene rings is 2. The van der Waals surface area contributed by atoms with Crippen LogP contribution in [-0.4, -0.2) is 34.1 Å². The second-order valence-electron chi connectivity index (χ2n) is 7.47. The van der Waals surface area contributed by atoms with Gasteiger partial charge in [-0.25, -0.2) is 4.98 Å². The van der Waals surface area contributed by atoms with E-state index < -0.39 is 0 Å². The quantitative estimate of drug-likeness (QED) is 0.538. The normalized spacial score (nSPS) is 16.8. The maximum atomic E-state index is 12.7. The highest BCUT2D eigenvalue weighted by Crippen LogP contribution is 2.34. The van der Waals surface area contributed by atoms with Gasteiger partial charge in [-0.1, -0.05) is 34.1 Å². The zero-order valence-electron chi connectivity index (χ0n) is 16.3. The number of anilines is 1. The number of ether oxygens (including phenoxy) is 1. The van der Waals surface area contributed by atoms with Crippen LogP contribution in [-0.2, 0) is 20.9 Å². The third kappa shape index (κ3) is 4.05. The number of rotatable bonds is 5. The lowest BCUT2D eigenvalue weighted by molar-refractivity contribution is -0.148. The summed E-state index contributed by atoms with van der Waals surface area (Å²) < 4.78 is 8.16. The molecule has 7 heteroatoms. The van der Waals surface area contributed by atoms with Crippen molar-refractivity contribution in [2.24, 2.45) is 0 Å². The molecule has 2 aromatic carbocycles. The molecular weight excluding hydrogens is 434 g/mol. The van der Waals surface area contributed by atoms with Gasteiger partial charge in [-0.3, -0.25) is 9.59 Å². The number of aromatic nitrogens is 2. The molecule has 6 nitrogen and oxygen atoms in total. The van der Waals surface area contributed by atoms with Crippen LogP contribution >= 0.6 is 15.9 Å². The van der Waals surface area contributed by atoms with Crippen molar-refractivity contribution in [1.29, 1.82) is 0 Å². The van der Waals surface area contributed by atoms with E-state index in [0.717, 1.165) is 27.0 Å². The minimum absolute atomic E-state index is 0.0523. The first-order valence-corrected chi connectivity index (χ1v) is 10.4. The largest absolute Gasteiger partial charge is 0.462 e. The number of fused-ring (bicyclic) bond motifs is 1. The Hall–Kier alpha value is -2.67. The van der Waals surface area contributed by atoms with E-state index in [1.54, 1.807) is 4.90 Å². The number of carbonyl (C=O) groups is 2. The van der Waals surface area contributed by atoms with Crippen molar-refractivity contribution in [2.75, 3.05) is 11.4 Å². The maximum Gasteiger partial charge on any atom is 0.326 e. The SMILES string of the molecule is CC(C)OC(=O)Cn1c(C2CC(=O)N(c3cccc(Br)c3)C2)nc2ccccc21. The molecule has 1 fully saturated rings. The second kappa shape index (κ2) is 7.99. The maximum absolute atomic E-state index is 12.7. The number of imidazole rings is 1. The van der Waals surface area contributed by atoms with E-state index in [0.29, 0.717) is 13.0 Å². The smallest absolute Gasteiger partial charge is 0.326 e. The number of esters is 1. The number of hydrogen-bond donors (Lipinski definition) is 0. The molecule has 3 aromatic rings. The highest BCUT2D eigenvalue weighted by molar-refractivity contribution is 9.10. The fourth-order valence-corrected chi connectivity index (χ4v) is 4.16. The van der Waals surface area contributed by atoms with Gasteiger partial charge >= 0.3 is 5.97 Å².